The quantitative estimate of drug-likeness (QED) is 0.861. The van der Waals surface area contributed by atoms with Crippen LogP contribution < -0.4 is 9.47 Å². The summed E-state index contributed by atoms with van der Waals surface area (Å²) < 4.78 is 11.4. The molecule has 1 heterocycles. The molecular formula is C13H16BrNO3. The van der Waals surface area contributed by atoms with E-state index in [1.165, 1.54) is 0 Å². The SMILES string of the molecule is COc1ccc(Br)c(OC)c1C(=O)N1CCCC1. The fourth-order valence-electron chi connectivity index (χ4n) is 2.19. The van der Waals surface area contributed by atoms with Crippen LogP contribution in [-0.4, -0.2) is 38.1 Å². The molecule has 5 heteroatoms. The normalized spacial score (nSPS) is 14.7. The van der Waals surface area contributed by atoms with Crippen molar-refractivity contribution in [2.45, 2.75) is 12.8 Å². The summed E-state index contributed by atoms with van der Waals surface area (Å²) >= 11 is 3.40. The van der Waals surface area contributed by atoms with Gasteiger partial charge in [-0.05, 0) is 40.9 Å². The van der Waals surface area contributed by atoms with Gasteiger partial charge in [0.05, 0.1) is 18.7 Å². The molecule has 18 heavy (non-hydrogen) atoms. The first-order valence-electron chi connectivity index (χ1n) is 5.88. The Morgan fingerprint density at radius 1 is 1.22 bits per heavy atom. The topological polar surface area (TPSA) is 38.8 Å². The number of benzene rings is 1. The standard InChI is InChI=1S/C13H16BrNO3/c1-17-10-6-5-9(14)12(18-2)11(10)13(16)15-7-3-4-8-15/h5-6H,3-4,7-8H2,1-2H3. The summed E-state index contributed by atoms with van der Waals surface area (Å²) in [4.78, 5) is 14.3. The number of carbonyl (C=O) groups excluding carboxylic acids is 1. The van der Waals surface area contributed by atoms with Crippen molar-refractivity contribution < 1.29 is 14.3 Å². The largest absolute Gasteiger partial charge is 0.496 e. The average molecular weight is 314 g/mol. The number of hydrogen-bond acceptors (Lipinski definition) is 3. The monoisotopic (exact) mass is 313 g/mol. The summed E-state index contributed by atoms with van der Waals surface area (Å²) in [6, 6.07) is 3.59. The predicted molar refractivity (Wildman–Crippen MR) is 72.4 cm³/mol. The van der Waals surface area contributed by atoms with E-state index in [-0.39, 0.29) is 5.91 Å². The van der Waals surface area contributed by atoms with Crippen LogP contribution in [0.1, 0.15) is 23.2 Å². The van der Waals surface area contributed by atoms with Crippen LogP contribution >= 0.6 is 15.9 Å². The van der Waals surface area contributed by atoms with Crippen LogP contribution in [0.25, 0.3) is 0 Å². The molecule has 98 valence electrons. The Hall–Kier alpha value is -1.23. The van der Waals surface area contributed by atoms with Gasteiger partial charge < -0.3 is 14.4 Å². The smallest absolute Gasteiger partial charge is 0.261 e. The zero-order chi connectivity index (χ0) is 13.1. The minimum absolute atomic E-state index is 0.0255. The lowest BCUT2D eigenvalue weighted by molar-refractivity contribution is 0.0785. The van der Waals surface area contributed by atoms with Crippen LogP contribution in [0.15, 0.2) is 16.6 Å². The highest BCUT2D eigenvalue weighted by atomic mass is 79.9. The van der Waals surface area contributed by atoms with E-state index in [1.807, 2.05) is 11.0 Å². The van der Waals surface area contributed by atoms with Crippen LogP contribution in [0, 0.1) is 0 Å². The molecule has 0 atom stereocenters. The Kier molecular flexibility index (Phi) is 4.11. The molecule has 2 rings (SSSR count). The molecular weight excluding hydrogens is 298 g/mol. The van der Waals surface area contributed by atoms with E-state index in [0.29, 0.717) is 17.1 Å². The number of likely N-dealkylation sites (tertiary alicyclic amines) is 1. The second-order valence-electron chi connectivity index (χ2n) is 4.16. The van der Waals surface area contributed by atoms with Crippen molar-refractivity contribution in [3.8, 4) is 11.5 Å². The first kappa shape index (κ1) is 13.2. The van der Waals surface area contributed by atoms with Gasteiger partial charge in [-0.2, -0.15) is 0 Å². The van der Waals surface area contributed by atoms with Gasteiger partial charge in [0.15, 0.2) is 0 Å². The van der Waals surface area contributed by atoms with Gasteiger partial charge in [0.2, 0.25) is 0 Å². The molecule has 0 radical (unpaired) electrons. The second-order valence-corrected chi connectivity index (χ2v) is 5.01. The number of ether oxygens (including phenoxy) is 2. The number of methoxy groups -OCH3 is 2. The zero-order valence-electron chi connectivity index (χ0n) is 10.5. The van der Waals surface area contributed by atoms with Crippen molar-refractivity contribution in [3.63, 3.8) is 0 Å². The molecule has 0 saturated carbocycles. The fourth-order valence-corrected chi connectivity index (χ4v) is 2.68. The Labute approximate surface area is 115 Å². The molecule has 0 aliphatic carbocycles. The van der Waals surface area contributed by atoms with Gasteiger partial charge in [-0.1, -0.05) is 0 Å². The first-order chi connectivity index (χ1) is 8.69. The van der Waals surface area contributed by atoms with Crippen molar-refractivity contribution in [2.24, 2.45) is 0 Å². The average Bonchev–Trinajstić information content (AvgIpc) is 2.91. The minimum atomic E-state index is -0.0255. The summed E-state index contributed by atoms with van der Waals surface area (Å²) in [6.07, 6.45) is 2.12. The molecule has 1 aromatic rings. The maximum atomic E-state index is 12.5. The Morgan fingerprint density at radius 2 is 1.89 bits per heavy atom. The van der Waals surface area contributed by atoms with Gasteiger partial charge in [0.25, 0.3) is 5.91 Å². The Morgan fingerprint density at radius 3 is 2.44 bits per heavy atom. The maximum absolute atomic E-state index is 12.5. The number of carbonyl (C=O) groups is 1. The number of hydrogen-bond donors (Lipinski definition) is 0. The Balaban J connectivity index is 2.45. The molecule has 0 bridgehead atoms. The highest BCUT2D eigenvalue weighted by Gasteiger charge is 2.27. The molecule has 1 saturated heterocycles. The van der Waals surface area contributed by atoms with Gasteiger partial charge >= 0.3 is 0 Å². The summed E-state index contributed by atoms with van der Waals surface area (Å²) in [5.74, 6) is 1.06. The fraction of sp³-hybridized carbons (Fsp3) is 0.462. The molecule has 1 aromatic carbocycles. The third kappa shape index (κ3) is 2.32. The summed E-state index contributed by atoms with van der Waals surface area (Å²) in [5.41, 5.74) is 0.497. The van der Waals surface area contributed by atoms with Crippen molar-refractivity contribution in [1.29, 1.82) is 0 Å². The number of halogens is 1. The first-order valence-corrected chi connectivity index (χ1v) is 6.68. The predicted octanol–water partition coefficient (Wildman–Crippen LogP) is 2.70. The molecule has 1 fully saturated rings. The third-order valence-electron chi connectivity index (χ3n) is 3.10. The Bertz CT molecular complexity index is 456. The molecule has 1 aliphatic rings. The van der Waals surface area contributed by atoms with Crippen LogP contribution in [0.3, 0.4) is 0 Å². The van der Waals surface area contributed by atoms with Gasteiger partial charge in [0, 0.05) is 13.1 Å². The summed E-state index contributed by atoms with van der Waals surface area (Å²) in [7, 11) is 3.11. The van der Waals surface area contributed by atoms with E-state index >= 15 is 0 Å². The van der Waals surface area contributed by atoms with Crippen LogP contribution in [-0.2, 0) is 0 Å². The highest BCUT2D eigenvalue weighted by molar-refractivity contribution is 9.10. The lowest BCUT2D eigenvalue weighted by atomic mass is 10.1. The molecule has 0 unspecified atom stereocenters. The van der Waals surface area contributed by atoms with E-state index in [0.717, 1.165) is 30.4 Å². The van der Waals surface area contributed by atoms with E-state index in [1.54, 1.807) is 20.3 Å². The highest BCUT2D eigenvalue weighted by Crippen LogP contribution is 2.36. The van der Waals surface area contributed by atoms with Crippen molar-refractivity contribution in [3.05, 3.63) is 22.2 Å². The number of amides is 1. The zero-order valence-corrected chi connectivity index (χ0v) is 12.1. The van der Waals surface area contributed by atoms with Crippen LogP contribution in [0.5, 0.6) is 11.5 Å². The van der Waals surface area contributed by atoms with Gasteiger partial charge in [0.1, 0.15) is 17.1 Å². The molecule has 0 aromatic heterocycles. The van der Waals surface area contributed by atoms with Gasteiger partial charge in [-0.3, -0.25) is 4.79 Å². The van der Waals surface area contributed by atoms with Gasteiger partial charge in [-0.25, -0.2) is 0 Å². The number of rotatable bonds is 3. The third-order valence-corrected chi connectivity index (χ3v) is 3.73. The van der Waals surface area contributed by atoms with Gasteiger partial charge in [-0.15, -0.1) is 0 Å². The molecule has 1 amide bonds. The lowest BCUT2D eigenvalue weighted by Gasteiger charge is -2.19. The molecule has 0 spiro atoms. The van der Waals surface area contributed by atoms with Crippen LogP contribution in [0.2, 0.25) is 0 Å². The molecule has 4 nitrogen and oxygen atoms in total. The summed E-state index contributed by atoms with van der Waals surface area (Å²) in [6.45, 7) is 1.61. The molecule has 0 N–H and O–H groups in total. The second kappa shape index (κ2) is 5.61. The van der Waals surface area contributed by atoms with E-state index < -0.39 is 0 Å². The van der Waals surface area contributed by atoms with E-state index in [4.69, 9.17) is 9.47 Å². The van der Waals surface area contributed by atoms with Crippen molar-refractivity contribution >= 4 is 21.8 Å². The van der Waals surface area contributed by atoms with Crippen LogP contribution in [0.4, 0.5) is 0 Å². The van der Waals surface area contributed by atoms with E-state index in [9.17, 15) is 4.79 Å². The summed E-state index contributed by atoms with van der Waals surface area (Å²) in [5, 5.41) is 0. The van der Waals surface area contributed by atoms with Crippen molar-refractivity contribution in [1.82, 2.24) is 4.90 Å². The lowest BCUT2D eigenvalue weighted by Crippen LogP contribution is -2.28. The van der Waals surface area contributed by atoms with E-state index in [2.05, 4.69) is 15.9 Å². The maximum Gasteiger partial charge on any atom is 0.261 e. The van der Waals surface area contributed by atoms with Crippen molar-refractivity contribution in [2.75, 3.05) is 27.3 Å². The molecule has 1 aliphatic heterocycles. The minimum Gasteiger partial charge on any atom is -0.496 e. The number of nitrogens with zero attached hydrogens (tertiary/aromatic N) is 1.